The molecule has 3 rings (SSSR count). The number of thioether (sulfide) groups is 1. The van der Waals surface area contributed by atoms with E-state index < -0.39 is 0 Å². The lowest BCUT2D eigenvalue weighted by Gasteiger charge is -2.10. The van der Waals surface area contributed by atoms with Crippen LogP contribution in [0.25, 0.3) is 0 Å². The third kappa shape index (κ3) is 3.09. The van der Waals surface area contributed by atoms with E-state index in [9.17, 15) is 9.59 Å². The highest BCUT2D eigenvalue weighted by Crippen LogP contribution is 2.31. The quantitative estimate of drug-likeness (QED) is 0.897. The Labute approximate surface area is 132 Å². The van der Waals surface area contributed by atoms with Gasteiger partial charge < -0.3 is 10.1 Å². The van der Waals surface area contributed by atoms with Crippen LogP contribution in [0.4, 0.5) is 5.69 Å². The molecule has 0 aromatic heterocycles. The smallest absolute Gasteiger partial charge is 0.242 e. The van der Waals surface area contributed by atoms with Crippen molar-refractivity contribution in [3.8, 4) is 5.75 Å². The topological polar surface area (TPSA) is 71.0 Å². The van der Waals surface area contributed by atoms with Gasteiger partial charge in [-0.1, -0.05) is 11.8 Å². The Morgan fingerprint density at radius 2 is 2.23 bits per heavy atom. The van der Waals surface area contributed by atoms with Crippen LogP contribution in [0.2, 0.25) is 0 Å². The van der Waals surface area contributed by atoms with E-state index in [-0.39, 0.29) is 23.5 Å². The fraction of sp³-hybridized carbons (Fsp3) is 0.400. The Hall–Kier alpha value is -2.02. The molecule has 0 aliphatic carbocycles. The van der Waals surface area contributed by atoms with Gasteiger partial charge in [-0.2, -0.15) is 0 Å². The highest BCUT2D eigenvalue weighted by Gasteiger charge is 2.40. The van der Waals surface area contributed by atoms with Gasteiger partial charge in [0.25, 0.3) is 0 Å². The molecule has 1 atom stereocenters. The molecule has 1 aromatic rings. The average Bonchev–Trinajstić information content (AvgIpc) is 3.06. The van der Waals surface area contributed by atoms with E-state index in [1.165, 1.54) is 11.8 Å². The molecular formula is C15H17N3O3S. The summed E-state index contributed by atoms with van der Waals surface area (Å²) < 4.78 is 5.35. The number of aliphatic imine (C=N–C) groups is 1. The zero-order valence-electron chi connectivity index (χ0n) is 12.2. The van der Waals surface area contributed by atoms with Crippen molar-refractivity contribution in [3.05, 3.63) is 24.3 Å². The van der Waals surface area contributed by atoms with Crippen LogP contribution in [-0.2, 0) is 9.59 Å². The summed E-state index contributed by atoms with van der Waals surface area (Å²) in [4.78, 5) is 30.1. The van der Waals surface area contributed by atoms with Gasteiger partial charge in [0.15, 0.2) is 5.17 Å². The van der Waals surface area contributed by atoms with E-state index in [2.05, 4.69) is 10.3 Å². The molecule has 1 aromatic carbocycles. The molecule has 2 aliphatic heterocycles. The first-order valence-electron chi connectivity index (χ1n) is 7.22. The lowest BCUT2D eigenvalue weighted by Crippen LogP contribution is -2.32. The largest absolute Gasteiger partial charge is 0.494 e. The molecule has 2 heterocycles. The van der Waals surface area contributed by atoms with Crippen molar-refractivity contribution in [2.75, 3.05) is 25.0 Å². The molecule has 0 bridgehead atoms. The van der Waals surface area contributed by atoms with Crippen LogP contribution in [0.1, 0.15) is 13.3 Å². The molecule has 7 heteroatoms. The number of amidine groups is 1. The summed E-state index contributed by atoms with van der Waals surface area (Å²) in [5, 5.41) is 3.20. The summed E-state index contributed by atoms with van der Waals surface area (Å²) in [5.74, 6) is 0.584. The maximum absolute atomic E-state index is 12.1. The molecule has 2 aliphatic rings. The third-order valence-electron chi connectivity index (χ3n) is 3.41. The molecule has 1 saturated heterocycles. The number of carbonyl (C=O) groups is 2. The summed E-state index contributed by atoms with van der Waals surface area (Å²) in [6, 6.07) is 7.18. The average molecular weight is 319 g/mol. The van der Waals surface area contributed by atoms with E-state index in [0.29, 0.717) is 25.4 Å². The number of ether oxygens (including phenoxy) is 1. The molecule has 0 unspecified atom stereocenters. The first kappa shape index (κ1) is 14.9. The van der Waals surface area contributed by atoms with E-state index in [4.69, 9.17) is 4.74 Å². The number of benzene rings is 1. The van der Waals surface area contributed by atoms with Gasteiger partial charge in [0, 0.05) is 18.7 Å². The molecule has 0 radical (unpaired) electrons. The number of carbonyl (C=O) groups excluding carboxylic acids is 2. The fourth-order valence-corrected chi connectivity index (χ4v) is 3.59. The lowest BCUT2D eigenvalue weighted by atomic mass is 10.2. The van der Waals surface area contributed by atoms with Gasteiger partial charge in [-0.05, 0) is 31.2 Å². The van der Waals surface area contributed by atoms with Gasteiger partial charge in [-0.15, -0.1) is 0 Å². The number of hydrogen-bond donors (Lipinski definition) is 1. The normalized spacial score (nSPS) is 19.9. The second-order valence-corrected chi connectivity index (χ2v) is 6.14. The van der Waals surface area contributed by atoms with Crippen LogP contribution in [-0.4, -0.2) is 46.8 Å². The first-order chi connectivity index (χ1) is 10.7. The summed E-state index contributed by atoms with van der Waals surface area (Å²) in [5.41, 5.74) is 0.696. The molecule has 116 valence electrons. The molecular weight excluding hydrogens is 302 g/mol. The number of nitrogens with one attached hydrogen (secondary N) is 1. The van der Waals surface area contributed by atoms with Crippen LogP contribution in [0.15, 0.2) is 29.3 Å². The van der Waals surface area contributed by atoms with Gasteiger partial charge in [-0.25, -0.2) is 0 Å². The maximum Gasteiger partial charge on any atom is 0.242 e. The third-order valence-corrected chi connectivity index (χ3v) is 4.62. The highest BCUT2D eigenvalue weighted by atomic mass is 32.2. The van der Waals surface area contributed by atoms with Crippen molar-refractivity contribution in [2.45, 2.75) is 18.6 Å². The van der Waals surface area contributed by atoms with Gasteiger partial charge in [0.05, 0.1) is 13.2 Å². The molecule has 0 spiro atoms. The van der Waals surface area contributed by atoms with E-state index in [1.807, 2.05) is 6.92 Å². The number of hydrogen-bond acceptors (Lipinski definition) is 5. The van der Waals surface area contributed by atoms with E-state index >= 15 is 0 Å². The zero-order chi connectivity index (χ0) is 15.5. The Balaban J connectivity index is 1.55. The summed E-state index contributed by atoms with van der Waals surface area (Å²) in [7, 11) is 0. The molecule has 0 saturated carbocycles. The van der Waals surface area contributed by atoms with E-state index in [1.54, 1.807) is 29.2 Å². The SMILES string of the molecule is CCOc1ccc(NC(=O)C[C@@H]2SC3=NCCN3C2=O)cc1. The van der Waals surface area contributed by atoms with Crippen molar-refractivity contribution >= 4 is 34.4 Å². The minimum atomic E-state index is -0.359. The Bertz CT molecular complexity index is 615. The second kappa shape index (κ2) is 6.39. The van der Waals surface area contributed by atoms with Crippen molar-refractivity contribution < 1.29 is 14.3 Å². The Morgan fingerprint density at radius 1 is 1.45 bits per heavy atom. The van der Waals surface area contributed by atoms with Crippen LogP contribution in [0, 0.1) is 0 Å². The van der Waals surface area contributed by atoms with Gasteiger partial charge in [0.1, 0.15) is 11.0 Å². The molecule has 1 N–H and O–H groups in total. The monoisotopic (exact) mass is 319 g/mol. The highest BCUT2D eigenvalue weighted by molar-refractivity contribution is 8.15. The number of amides is 2. The fourth-order valence-electron chi connectivity index (χ4n) is 2.39. The summed E-state index contributed by atoms with van der Waals surface area (Å²) >= 11 is 1.38. The van der Waals surface area contributed by atoms with Crippen molar-refractivity contribution in [2.24, 2.45) is 4.99 Å². The van der Waals surface area contributed by atoms with Gasteiger partial charge in [0.2, 0.25) is 11.8 Å². The summed E-state index contributed by atoms with van der Waals surface area (Å²) in [6.07, 6.45) is 0.159. The minimum absolute atomic E-state index is 0.0110. The van der Waals surface area contributed by atoms with Crippen LogP contribution in [0.5, 0.6) is 5.75 Å². The molecule has 2 amide bonds. The number of fused-ring (bicyclic) bond motifs is 1. The molecule has 6 nitrogen and oxygen atoms in total. The van der Waals surface area contributed by atoms with Crippen LogP contribution in [0.3, 0.4) is 0 Å². The Kier molecular flexibility index (Phi) is 4.33. The van der Waals surface area contributed by atoms with Gasteiger partial charge >= 0.3 is 0 Å². The zero-order valence-corrected chi connectivity index (χ0v) is 13.1. The van der Waals surface area contributed by atoms with Crippen LogP contribution < -0.4 is 10.1 Å². The number of anilines is 1. The molecule has 1 fully saturated rings. The number of rotatable bonds is 5. The predicted molar refractivity (Wildman–Crippen MR) is 86.3 cm³/mol. The maximum atomic E-state index is 12.1. The van der Waals surface area contributed by atoms with Crippen molar-refractivity contribution in [1.29, 1.82) is 0 Å². The second-order valence-electron chi connectivity index (χ2n) is 4.97. The standard InChI is InChI=1S/C15H17N3O3S/c1-2-21-11-5-3-10(4-6-11)17-13(19)9-12-14(20)18-8-7-16-15(18)22-12/h3-6,12H,2,7-9H2,1H3,(H,17,19)/t12-/m0/s1. The molecule has 22 heavy (non-hydrogen) atoms. The number of nitrogens with zero attached hydrogens (tertiary/aromatic N) is 2. The van der Waals surface area contributed by atoms with Crippen molar-refractivity contribution in [3.63, 3.8) is 0 Å². The predicted octanol–water partition coefficient (Wildman–Crippen LogP) is 1.73. The van der Waals surface area contributed by atoms with Gasteiger partial charge in [-0.3, -0.25) is 19.5 Å². The minimum Gasteiger partial charge on any atom is -0.494 e. The van der Waals surface area contributed by atoms with E-state index in [0.717, 1.165) is 10.9 Å². The first-order valence-corrected chi connectivity index (χ1v) is 8.10. The van der Waals surface area contributed by atoms with Crippen LogP contribution >= 0.6 is 11.8 Å². The Morgan fingerprint density at radius 3 is 2.91 bits per heavy atom. The summed E-state index contributed by atoms with van der Waals surface area (Å²) in [6.45, 7) is 3.83. The lowest BCUT2D eigenvalue weighted by molar-refractivity contribution is -0.127. The van der Waals surface area contributed by atoms with Crippen molar-refractivity contribution in [1.82, 2.24) is 4.90 Å².